The van der Waals surface area contributed by atoms with Crippen LogP contribution in [0.5, 0.6) is 0 Å². The Bertz CT molecular complexity index is 2090. The van der Waals surface area contributed by atoms with Gasteiger partial charge in [0.05, 0.1) is 39.9 Å². The van der Waals surface area contributed by atoms with Gasteiger partial charge >= 0.3 is 0 Å². The predicted octanol–water partition coefficient (Wildman–Crippen LogP) is 4.91. The highest BCUT2D eigenvalue weighted by atomic mass is 32.2. The monoisotopic (exact) mass is 651 g/mol. The molecule has 242 valence electrons. The lowest BCUT2D eigenvalue weighted by Crippen LogP contribution is -2.30. The van der Waals surface area contributed by atoms with E-state index in [1.165, 1.54) is 6.20 Å². The van der Waals surface area contributed by atoms with E-state index in [2.05, 4.69) is 25.3 Å². The van der Waals surface area contributed by atoms with Gasteiger partial charge in [-0.2, -0.15) is 0 Å². The zero-order valence-corrected chi connectivity index (χ0v) is 27.1. The fourth-order valence-electron chi connectivity index (χ4n) is 6.36. The average Bonchev–Trinajstić information content (AvgIpc) is 3.76. The Morgan fingerprint density at radius 3 is 2.57 bits per heavy atom. The van der Waals surface area contributed by atoms with Crippen LogP contribution in [0.1, 0.15) is 84.7 Å². The zero-order chi connectivity index (χ0) is 32.7. The molecule has 0 radical (unpaired) electrons. The van der Waals surface area contributed by atoms with Gasteiger partial charge in [-0.15, -0.1) is 0 Å². The van der Waals surface area contributed by atoms with E-state index in [-0.39, 0.29) is 35.6 Å². The number of nitrogens with zero attached hydrogens (tertiary/aromatic N) is 4. The molecule has 5 aromatic rings. The molecule has 2 atom stereocenters. The summed E-state index contributed by atoms with van der Waals surface area (Å²) in [5.41, 5.74) is 4.49. The third-order valence-corrected chi connectivity index (χ3v) is 10.4. The van der Waals surface area contributed by atoms with Crippen LogP contribution < -0.4 is 15.4 Å². The molecule has 1 saturated carbocycles. The molecule has 2 aromatic carbocycles. The van der Waals surface area contributed by atoms with Crippen molar-refractivity contribution in [3.63, 3.8) is 0 Å². The number of para-hydroxylation sites is 2. The van der Waals surface area contributed by atoms with Crippen LogP contribution in [0.2, 0.25) is 0 Å². The van der Waals surface area contributed by atoms with Gasteiger partial charge in [0.2, 0.25) is 15.9 Å². The van der Waals surface area contributed by atoms with Crippen molar-refractivity contribution in [2.75, 3.05) is 6.54 Å². The Morgan fingerprint density at radius 1 is 0.979 bits per heavy atom. The van der Waals surface area contributed by atoms with E-state index in [1.807, 2.05) is 48.7 Å². The van der Waals surface area contributed by atoms with Gasteiger partial charge in [-0.1, -0.05) is 26.0 Å². The van der Waals surface area contributed by atoms with Crippen LogP contribution in [-0.4, -0.2) is 46.3 Å². The number of carbonyl (C=O) groups excluding carboxylic acids is 2. The lowest BCUT2D eigenvalue weighted by Gasteiger charge is -2.19. The molecule has 0 aliphatic heterocycles. The summed E-state index contributed by atoms with van der Waals surface area (Å²) in [7, 11) is -3.92. The van der Waals surface area contributed by atoms with E-state index in [4.69, 9.17) is 4.98 Å². The average molecular weight is 652 g/mol. The molecular weight excluding hydrogens is 614 g/mol. The second-order valence-corrected chi connectivity index (χ2v) is 14.6. The van der Waals surface area contributed by atoms with E-state index >= 15 is 0 Å². The summed E-state index contributed by atoms with van der Waals surface area (Å²) in [5, 5.41) is 7.51. The number of benzene rings is 2. The number of hydrogen-bond donors (Lipinski definition) is 3. The first-order valence-corrected chi connectivity index (χ1v) is 17.5. The van der Waals surface area contributed by atoms with Crippen molar-refractivity contribution in [3.8, 4) is 0 Å². The number of nitrogens with one attached hydrogen (secondary N) is 3. The first-order valence-electron chi connectivity index (χ1n) is 16.0. The molecule has 1 fully saturated rings. The third-order valence-electron chi connectivity index (χ3n) is 8.91. The number of hydrogen-bond acceptors (Lipinski definition) is 7. The first-order chi connectivity index (χ1) is 22.7. The Labute approximate surface area is 273 Å². The van der Waals surface area contributed by atoms with Crippen molar-refractivity contribution in [3.05, 3.63) is 95.8 Å². The van der Waals surface area contributed by atoms with Crippen molar-refractivity contribution in [1.29, 1.82) is 0 Å². The van der Waals surface area contributed by atoms with E-state index < -0.39 is 22.1 Å². The molecule has 47 heavy (non-hydrogen) atoms. The summed E-state index contributed by atoms with van der Waals surface area (Å²) >= 11 is 0. The van der Waals surface area contributed by atoms with E-state index in [0.717, 1.165) is 35.1 Å². The van der Waals surface area contributed by atoms with Gasteiger partial charge in [0, 0.05) is 60.5 Å². The molecule has 2 aliphatic rings. The molecule has 2 aliphatic carbocycles. The van der Waals surface area contributed by atoms with Crippen LogP contribution in [0.25, 0.3) is 21.8 Å². The maximum Gasteiger partial charge on any atom is 0.253 e. The molecule has 0 unspecified atom stereocenters. The molecule has 2 amide bonds. The molecular formula is C35H37N7O4S. The van der Waals surface area contributed by atoms with Crippen LogP contribution in [0.4, 0.5) is 0 Å². The Balaban J connectivity index is 1.26. The number of aryl methyl sites for hydroxylation is 1. The molecule has 0 bridgehead atoms. The highest BCUT2D eigenvalue weighted by Crippen LogP contribution is 2.47. The molecule has 7 rings (SSSR count). The minimum Gasteiger partial charge on any atom is -0.349 e. The summed E-state index contributed by atoms with van der Waals surface area (Å²) in [5.74, 6) is -0.0738. The topological polar surface area (TPSA) is 148 Å². The summed E-state index contributed by atoms with van der Waals surface area (Å²) in [4.78, 5) is 40.2. The van der Waals surface area contributed by atoms with Gasteiger partial charge in [-0.3, -0.25) is 19.6 Å². The lowest BCUT2D eigenvalue weighted by molar-refractivity contribution is -0.122. The number of aromatic nitrogens is 4. The molecule has 11 nitrogen and oxygen atoms in total. The minimum absolute atomic E-state index is 0.112. The Hall–Kier alpha value is -4.68. The maximum absolute atomic E-state index is 13.8. The molecule has 0 saturated heterocycles. The van der Waals surface area contributed by atoms with E-state index in [0.29, 0.717) is 40.8 Å². The molecule has 3 N–H and O–H groups in total. The van der Waals surface area contributed by atoms with Gasteiger partial charge in [0.15, 0.2) is 0 Å². The van der Waals surface area contributed by atoms with Gasteiger partial charge in [-0.25, -0.2) is 18.1 Å². The second kappa shape index (κ2) is 12.5. The highest BCUT2D eigenvalue weighted by molar-refractivity contribution is 7.89. The highest BCUT2D eigenvalue weighted by Gasteiger charge is 2.38. The number of amides is 2. The van der Waals surface area contributed by atoms with Crippen LogP contribution in [0.3, 0.4) is 0 Å². The number of carbonyl (C=O) groups is 2. The number of rotatable bonds is 11. The quantitative estimate of drug-likeness (QED) is 0.184. The largest absolute Gasteiger partial charge is 0.349 e. The van der Waals surface area contributed by atoms with Gasteiger partial charge < -0.3 is 15.2 Å². The standard InChI is InChI=1S/C35H37N7O4S/c1-21(2)17-39-47(45,46)32-15-25-29(41-35(44)23-6-5-12-36-18-23)16-30(34(25)26-19-37-28(14-24(26)32)22-9-10-22)40-33(43)11-13-42-20-38-27-7-3-4-8-31(27)42/h3-8,12,14-15,18-22,29-30,39H,9-11,13,16-17H2,1-2H3,(H,40,43)(H,41,44)/t29-,30-/m1/s1. The third kappa shape index (κ3) is 6.35. The maximum atomic E-state index is 13.8. The van der Waals surface area contributed by atoms with Crippen molar-refractivity contribution >= 4 is 43.6 Å². The smallest absolute Gasteiger partial charge is 0.253 e. The number of pyridine rings is 2. The first kappa shape index (κ1) is 30.9. The number of sulfonamides is 1. The normalized spacial score (nSPS) is 17.7. The van der Waals surface area contributed by atoms with Crippen LogP contribution >= 0.6 is 0 Å². The van der Waals surface area contributed by atoms with E-state index in [1.54, 1.807) is 36.9 Å². The zero-order valence-electron chi connectivity index (χ0n) is 26.3. The SMILES string of the molecule is CC(C)CNS(=O)(=O)c1cc2c(c3cnc(C4CC4)cc13)[C@H](NC(=O)CCn1cnc3ccccc31)C[C@H]2NC(=O)c1cccnc1. The van der Waals surface area contributed by atoms with Crippen molar-refractivity contribution in [1.82, 2.24) is 34.9 Å². The number of imidazole rings is 1. The lowest BCUT2D eigenvalue weighted by atomic mass is 9.98. The molecule has 3 aromatic heterocycles. The Morgan fingerprint density at radius 2 is 1.81 bits per heavy atom. The Kier molecular flexibility index (Phi) is 8.23. The minimum atomic E-state index is -3.92. The van der Waals surface area contributed by atoms with Crippen molar-refractivity contribution < 1.29 is 18.0 Å². The fraction of sp³-hybridized carbons (Fsp3) is 0.343. The molecule has 12 heteroatoms. The summed E-state index contributed by atoms with van der Waals surface area (Å²) < 4.78 is 32.4. The second-order valence-electron chi connectivity index (χ2n) is 12.9. The predicted molar refractivity (Wildman–Crippen MR) is 178 cm³/mol. The van der Waals surface area contributed by atoms with Gasteiger partial charge in [0.1, 0.15) is 0 Å². The summed E-state index contributed by atoms with van der Waals surface area (Å²) in [6.45, 7) is 4.63. The van der Waals surface area contributed by atoms with Crippen LogP contribution in [-0.2, 0) is 21.4 Å². The van der Waals surface area contributed by atoms with Crippen molar-refractivity contribution in [2.45, 2.75) is 69.0 Å². The molecule has 3 heterocycles. The van der Waals surface area contributed by atoms with Crippen LogP contribution in [0, 0.1) is 5.92 Å². The van der Waals surface area contributed by atoms with Crippen LogP contribution in [0.15, 0.2) is 78.3 Å². The van der Waals surface area contributed by atoms with Gasteiger partial charge in [0.25, 0.3) is 5.91 Å². The van der Waals surface area contributed by atoms with Gasteiger partial charge in [-0.05, 0) is 72.7 Å². The van der Waals surface area contributed by atoms with E-state index in [9.17, 15) is 18.0 Å². The summed E-state index contributed by atoms with van der Waals surface area (Å²) in [6, 6.07) is 13.7. The van der Waals surface area contributed by atoms with Crippen molar-refractivity contribution in [2.24, 2.45) is 5.92 Å². The fourth-order valence-corrected chi connectivity index (χ4v) is 7.81. The molecule has 0 spiro atoms. The summed E-state index contributed by atoms with van der Waals surface area (Å²) in [6.07, 6.45) is 9.16. The number of fused-ring (bicyclic) bond motifs is 4.